The smallest absolute Gasteiger partial charge is 0.130 e. The van der Waals surface area contributed by atoms with E-state index in [2.05, 4.69) is 15.4 Å². The van der Waals surface area contributed by atoms with Gasteiger partial charge >= 0.3 is 0 Å². The van der Waals surface area contributed by atoms with E-state index in [0.29, 0.717) is 11.6 Å². The van der Waals surface area contributed by atoms with Gasteiger partial charge in [-0.1, -0.05) is 0 Å². The van der Waals surface area contributed by atoms with E-state index < -0.39 is 0 Å². The number of hydrogen-bond acceptors (Lipinski definition) is 4. The lowest BCUT2D eigenvalue weighted by atomic mass is 10.2. The van der Waals surface area contributed by atoms with Crippen molar-refractivity contribution in [1.82, 2.24) is 14.6 Å². The van der Waals surface area contributed by atoms with Crippen LogP contribution in [0.2, 0.25) is 0 Å². The van der Waals surface area contributed by atoms with Crippen molar-refractivity contribution in [3.8, 4) is 0 Å². The van der Waals surface area contributed by atoms with Crippen molar-refractivity contribution in [2.45, 2.75) is 31.3 Å². The van der Waals surface area contributed by atoms with Crippen molar-refractivity contribution in [3.63, 3.8) is 0 Å². The molecule has 1 aromatic carbocycles. The van der Waals surface area contributed by atoms with Crippen LogP contribution in [0, 0.1) is 5.82 Å². The van der Waals surface area contributed by atoms with Gasteiger partial charge in [-0.15, -0.1) is 0 Å². The first kappa shape index (κ1) is 12.5. The van der Waals surface area contributed by atoms with Crippen molar-refractivity contribution >= 4 is 22.2 Å². The highest BCUT2D eigenvalue weighted by atomic mass is 19.1. The first-order valence-electron chi connectivity index (χ1n) is 7.15. The quantitative estimate of drug-likeness (QED) is 0.758. The lowest BCUT2D eigenvalue weighted by Gasteiger charge is -2.12. The summed E-state index contributed by atoms with van der Waals surface area (Å²) in [5.74, 6) is 0.532. The maximum Gasteiger partial charge on any atom is 0.130 e. The molecule has 2 aromatic heterocycles. The van der Waals surface area contributed by atoms with Crippen LogP contribution in [0.3, 0.4) is 0 Å². The Morgan fingerprint density at radius 2 is 2.19 bits per heavy atom. The zero-order valence-corrected chi connectivity index (χ0v) is 11.5. The van der Waals surface area contributed by atoms with Gasteiger partial charge in [-0.2, -0.15) is 5.10 Å². The fourth-order valence-corrected chi connectivity index (χ4v) is 3.05. The maximum absolute atomic E-state index is 13.3. The SMILES string of the molecule is N[C@H]1CCC(Nc2cc3c4ccc(F)cc4nn3cn2)C1. The molecule has 1 aliphatic rings. The molecule has 0 saturated heterocycles. The predicted octanol–water partition coefficient (Wildman–Crippen LogP) is 2.31. The molecule has 6 heteroatoms. The molecular weight excluding hydrogens is 269 g/mol. The van der Waals surface area contributed by atoms with Crippen LogP contribution >= 0.6 is 0 Å². The molecule has 1 unspecified atom stereocenters. The fraction of sp³-hybridized carbons (Fsp3) is 0.333. The Balaban J connectivity index is 1.73. The molecule has 108 valence electrons. The lowest BCUT2D eigenvalue weighted by Crippen LogP contribution is -2.21. The van der Waals surface area contributed by atoms with Gasteiger partial charge < -0.3 is 11.1 Å². The van der Waals surface area contributed by atoms with Gasteiger partial charge in [0.1, 0.15) is 18.0 Å². The van der Waals surface area contributed by atoms with Crippen LogP contribution in [-0.4, -0.2) is 26.7 Å². The maximum atomic E-state index is 13.3. The standard InChI is InChI=1S/C15H16FN5/c16-9-1-4-12-13(5-9)20-21-8-18-15(7-14(12)21)19-11-3-2-10(17)6-11/h1,4-5,7-8,10-11,19H,2-3,6,17H2/t10-,11?/m0/s1. The average Bonchev–Trinajstić information content (AvgIpc) is 3.01. The highest BCUT2D eigenvalue weighted by molar-refractivity contribution is 5.94. The van der Waals surface area contributed by atoms with Gasteiger partial charge in [0.2, 0.25) is 0 Å². The monoisotopic (exact) mass is 285 g/mol. The minimum atomic E-state index is -0.280. The van der Waals surface area contributed by atoms with Gasteiger partial charge in [0.25, 0.3) is 0 Å². The molecule has 0 radical (unpaired) electrons. The lowest BCUT2D eigenvalue weighted by molar-refractivity contribution is 0.629. The minimum absolute atomic E-state index is 0.280. The number of hydrogen-bond donors (Lipinski definition) is 2. The van der Waals surface area contributed by atoms with Gasteiger partial charge in [-0.3, -0.25) is 0 Å². The van der Waals surface area contributed by atoms with E-state index >= 15 is 0 Å². The third-order valence-electron chi connectivity index (χ3n) is 4.10. The Kier molecular flexibility index (Phi) is 2.78. The number of benzene rings is 1. The third kappa shape index (κ3) is 2.21. The summed E-state index contributed by atoms with van der Waals surface area (Å²) in [6, 6.07) is 7.25. The highest BCUT2D eigenvalue weighted by Crippen LogP contribution is 2.24. The molecule has 0 aliphatic heterocycles. The second-order valence-corrected chi connectivity index (χ2v) is 5.68. The molecule has 0 bridgehead atoms. The van der Waals surface area contributed by atoms with Gasteiger partial charge in [-0.25, -0.2) is 13.9 Å². The molecule has 1 saturated carbocycles. The second-order valence-electron chi connectivity index (χ2n) is 5.68. The van der Waals surface area contributed by atoms with E-state index in [0.717, 1.165) is 36.0 Å². The molecule has 0 spiro atoms. The molecule has 0 amide bonds. The number of halogens is 1. The fourth-order valence-electron chi connectivity index (χ4n) is 3.05. The molecule has 5 nitrogen and oxygen atoms in total. The van der Waals surface area contributed by atoms with E-state index in [1.165, 1.54) is 12.1 Å². The van der Waals surface area contributed by atoms with Crippen LogP contribution in [0.1, 0.15) is 19.3 Å². The van der Waals surface area contributed by atoms with Crippen molar-refractivity contribution in [3.05, 3.63) is 36.4 Å². The number of fused-ring (bicyclic) bond motifs is 3. The summed E-state index contributed by atoms with van der Waals surface area (Å²) < 4.78 is 14.9. The van der Waals surface area contributed by atoms with Gasteiger partial charge in [0.15, 0.2) is 0 Å². The van der Waals surface area contributed by atoms with Crippen LogP contribution in [0.15, 0.2) is 30.6 Å². The Hall–Kier alpha value is -2.21. The average molecular weight is 285 g/mol. The molecule has 3 aromatic rings. The molecular formula is C15H16FN5. The summed E-state index contributed by atoms with van der Waals surface area (Å²) in [6.07, 6.45) is 4.75. The molecule has 1 aliphatic carbocycles. The van der Waals surface area contributed by atoms with Gasteiger partial charge in [0.05, 0.1) is 11.0 Å². The van der Waals surface area contributed by atoms with Crippen LogP contribution in [-0.2, 0) is 0 Å². The van der Waals surface area contributed by atoms with Crippen molar-refractivity contribution < 1.29 is 4.39 Å². The zero-order chi connectivity index (χ0) is 14.4. The van der Waals surface area contributed by atoms with Crippen molar-refractivity contribution in [2.75, 3.05) is 5.32 Å². The Morgan fingerprint density at radius 1 is 1.29 bits per heavy atom. The van der Waals surface area contributed by atoms with Crippen LogP contribution in [0.25, 0.3) is 16.4 Å². The number of nitrogens with one attached hydrogen (secondary N) is 1. The van der Waals surface area contributed by atoms with E-state index in [9.17, 15) is 4.39 Å². The second kappa shape index (κ2) is 4.66. The summed E-state index contributed by atoms with van der Waals surface area (Å²) in [4.78, 5) is 4.37. The summed E-state index contributed by atoms with van der Waals surface area (Å²) in [5, 5.41) is 8.67. The summed E-state index contributed by atoms with van der Waals surface area (Å²) >= 11 is 0. The zero-order valence-electron chi connectivity index (χ0n) is 11.5. The molecule has 1 fully saturated rings. The minimum Gasteiger partial charge on any atom is -0.367 e. The number of rotatable bonds is 2. The topological polar surface area (TPSA) is 68.2 Å². The number of nitrogens with two attached hydrogens (primary N) is 1. The Labute approximate surface area is 121 Å². The van der Waals surface area contributed by atoms with E-state index in [4.69, 9.17) is 5.73 Å². The molecule has 3 N–H and O–H groups in total. The number of aromatic nitrogens is 3. The molecule has 4 rings (SSSR count). The van der Waals surface area contributed by atoms with Gasteiger partial charge in [0, 0.05) is 29.6 Å². The first-order valence-corrected chi connectivity index (χ1v) is 7.15. The van der Waals surface area contributed by atoms with Crippen molar-refractivity contribution in [2.24, 2.45) is 5.73 Å². The Bertz CT molecular complexity index is 812. The van der Waals surface area contributed by atoms with E-state index in [1.54, 1.807) is 16.9 Å². The highest BCUT2D eigenvalue weighted by Gasteiger charge is 2.21. The Morgan fingerprint density at radius 3 is 3.00 bits per heavy atom. The summed E-state index contributed by atoms with van der Waals surface area (Å²) in [6.45, 7) is 0. The van der Waals surface area contributed by atoms with Crippen LogP contribution in [0.4, 0.5) is 10.2 Å². The third-order valence-corrected chi connectivity index (χ3v) is 4.10. The number of anilines is 1. The van der Waals surface area contributed by atoms with Crippen LogP contribution < -0.4 is 11.1 Å². The van der Waals surface area contributed by atoms with Gasteiger partial charge in [-0.05, 0) is 31.4 Å². The van der Waals surface area contributed by atoms with E-state index in [-0.39, 0.29) is 11.9 Å². The van der Waals surface area contributed by atoms with Crippen molar-refractivity contribution in [1.29, 1.82) is 0 Å². The normalized spacial score (nSPS) is 22.2. The predicted molar refractivity (Wildman–Crippen MR) is 79.7 cm³/mol. The summed E-state index contributed by atoms with van der Waals surface area (Å²) in [5.41, 5.74) is 7.49. The first-order chi connectivity index (χ1) is 10.2. The largest absolute Gasteiger partial charge is 0.367 e. The molecule has 21 heavy (non-hydrogen) atoms. The van der Waals surface area contributed by atoms with Crippen LogP contribution in [0.5, 0.6) is 0 Å². The molecule has 2 heterocycles. The number of nitrogens with zero attached hydrogens (tertiary/aromatic N) is 3. The van der Waals surface area contributed by atoms with E-state index in [1.807, 2.05) is 6.07 Å². The molecule has 2 atom stereocenters. The summed E-state index contributed by atoms with van der Waals surface area (Å²) in [7, 11) is 0.